The van der Waals surface area contributed by atoms with Gasteiger partial charge in [-0.15, -0.1) is 0 Å². The lowest BCUT2D eigenvalue weighted by Gasteiger charge is -1.98. The molecule has 0 heterocycles. The summed E-state index contributed by atoms with van der Waals surface area (Å²) in [6.07, 6.45) is 9.60. The molecule has 1 nitrogen and oxygen atoms in total. The standard InChI is InChI=1S/C11H22O/c1-2-3-4-5-6-7-10-8-11(10)9-12/h10-12H,2-9H2,1H3/t10-,11+/m0/s1. The van der Waals surface area contributed by atoms with Crippen molar-refractivity contribution < 1.29 is 5.11 Å². The molecule has 1 aliphatic rings. The van der Waals surface area contributed by atoms with Gasteiger partial charge in [-0.05, 0) is 18.3 Å². The second kappa shape index (κ2) is 5.58. The molecule has 0 unspecified atom stereocenters. The van der Waals surface area contributed by atoms with Gasteiger partial charge in [-0.3, -0.25) is 0 Å². The van der Waals surface area contributed by atoms with E-state index in [9.17, 15) is 0 Å². The Bertz CT molecular complexity index is 112. The van der Waals surface area contributed by atoms with Gasteiger partial charge in [0.25, 0.3) is 0 Å². The van der Waals surface area contributed by atoms with E-state index in [1.807, 2.05) is 0 Å². The molecule has 0 aromatic rings. The van der Waals surface area contributed by atoms with Crippen molar-refractivity contribution in [2.75, 3.05) is 6.61 Å². The Balaban J connectivity index is 1.78. The van der Waals surface area contributed by atoms with Crippen molar-refractivity contribution in [2.24, 2.45) is 11.8 Å². The predicted molar refractivity (Wildman–Crippen MR) is 52.1 cm³/mol. The van der Waals surface area contributed by atoms with E-state index in [2.05, 4.69) is 6.92 Å². The van der Waals surface area contributed by atoms with Crippen LogP contribution >= 0.6 is 0 Å². The van der Waals surface area contributed by atoms with Gasteiger partial charge in [-0.1, -0.05) is 45.4 Å². The number of rotatable bonds is 7. The Morgan fingerprint density at radius 3 is 2.42 bits per heavy atom. The lowest BCUT2D eigenvalue weighted by atomic mass is 10.1. The highest BCUT2D eigenvalue weighted by Crippen LogP contribution is 2.41. The highest BCUT2D eigenvalue weighted by atomic mass is 16.3. The van der Waals surface area contributed by atoms with Gasteiger partial charge in [0.1, 0.15) is 0 Å². The Hall–Kier alpha value is -0.0400. The molecule has 2 atom stereocenters. The third kappa shape index (κ3) is 3.57. The third-order valence-electron chi connectivity index (χ3n) is 2.98. The maximum Gasteiger partial charge on any atom is 0.0462 e. The monoisotopic (exact) mass is 170 g/mol. The number of aliphatic hydroxyl groups is 1. The molecule has 0 spiro atoms. The highest BCUT2D eigenvalue weighted by molar-refractivity contribution is 4.84. The van der Waals surface area contributed by atoms with Crippen LogP contribution in [0.1, 0.15) is 51.9 Å². The SMILES string of the molecule is CCCCCCC[C@H]1C[C@@H]1CO. The molecule has 0 aromatic carbocycles. The molecule has 72 valence electrons. The third-order valence-corrected chi connectivity index (χ3v) is 2.98. The van der Waals surface area contributed by atoms with Gasteiger partial charge in [0.05, 0.1) is 0 Å². The van der Waals surface area contributed by atoms with E-state index in [1.165, 1.54) is 44.9 Å². The molecule has 0 saturated heterocycles. The molecule has 0 radical (unpaired) electrons. The molecule has 12 heavy (non-hydrogen) atoms. The van der Waals surface area contributed by atoms with Crippen molar-refractivity contribution in [3.05, 3.63) is 0 Å². The minimum absolute atomic E-state index is 0.430. The summed E-state index contributed by atoms with van der Waals surface area (Å²) in [7, 11) is 0. The van der Waals surface area contributed by atoms with E-state index >= 15 is 0 Å². The fourth-order valence-corrected chi connectivity index (χ4v) is 1.90. The number of aliphatic hydroxyl groups excluding tert-OH is 1. The van der Waals surface area contributed by atoms with Gasteiger partial charge in [-0.25, -0.2) is 0 Å². The summed E-state index contributed by atoms with van der Waals surface area (Å²) < 4.78 is 0. The maximum atomic E-state index is 8.82. The van der Waals surface area contributed by atoms with Crippen LogP contribution in [-0.4, -0.2) is 11.7 Å². The lowest BCUT2D eigenvalue weighted by Crippen LogP contribution is -1.89. The van der Waals surface area contributed by atoms with Gasteiger partial charge in [-0.2, -0.15) is 0 Å². The minimum Gasteiger partial charge on any atom is -0.396 e. The first-order valence-corrected chi connectivity index (χ1v) is 5.49. The zero-order valence-corrected chi connectivity index (χ0v) is 8.26. The number of hydrogen-bond donors (Lipinski definition) is 1. The van der Waals surface area contributed by atoms with E-state index in [0.29, 0.717) is 12.5 Å². The van der Waals surface area contributed by atoms with Crippen LogP contribution in [0, 0.1) is 11.8 Å². The van der Waals surface area contributed by atoms with Crippen LogP contribution in [0.2, 0.25) is 0 Å². The first kappa shape index (κ1) is 10.0. The highest BCUT2D eigenvalue weighted by Gasteiger charge is 2.34. The molecule has 1 rings (SSSR count). The second-order valence-electron chi connectivity index (χ2n) is 4.14. The Labute approximate surface area is 76.2 Å². The van der Waals surface area contributed by atoms with Gasteiger partial charge in [0, 0.05) is 6.61 Å². The van der Waals surface area contributed by atoms with Crippen LogP contribution in [0.5, 0.6) is 0 Å². The normalized spacial score (nSPS) is 27.5. The molecular formula is C11H22O. The summed E-state index contributed by atoms with van der Waals surface area (Å²) in [4.78, 5) is 0. The average Bonchev–Trinajstić information content (AvgIpc) is 2.83. The fourth-order valence-electron chi connectivity index (χ4n) is 1.90. The van der Waals surface area contributed by atoms with E-state index in [0.717, 1.165) is 5.92 Å². The van der Waals surface area contributed by atoms with Crippen LogP contribution in [0.3, 0.4) is 0 Å². The lowest BCUT2D eigenvalue weighted by molar-refractivity contribution is 0.267. The molecule has 0 amide bonds. The topological polar surface area (TPSA) is 20.2 Å². The summed E-state index contributed by atoms with van der Waals surface area (Å²) in [5.41, 5.74) is 0. The van der Waals surface area contributed by atoms with Crippen LogP contribution in [0.4, 0.5) is 0 Å². The summed E-state index contributed by atoms with van der Waals surface area (Å²) >= 11 is 0. The summed E-state index contributed by atoms with van der Waals surface area (Å²) in [5, 5.41) is 8.82. The first-order valence-electron chi connectivity index (χ1n) is 5.49. The summed E-state index contributed by atoms with van der Waals surface area (Å²) in [5.74, 6) is 1.56. The number of unbranched alkanes of at least 4 members (excludes halogenated alkanes) is 4. The van der Waals surface area contributed by atoms with Gasteiger partial charge in [0.2, 0.25) is 0 Å². The average molecular weight is 170 g/mol. The first-order chi connectivity index (χ1) is 5.88. The van der Waals surface area contributed by atoms with E-state index in [-0.39, 0.29) is 0 Å². The van der Waals surface area contributed by atoms with Crippen molar-refractivity contribution >= 4 is 0 Å². The number of hydrogen-bond acceptors (Lipinski definition) is 1. The Morgan fingerprint density at radius 2 is 1.83 bits per heavy atom. The van der Waals surface area contributed by atoms with Gasteiger partial charge >= 0.3 is 0 Å². The van der Waals surface area contributed by atoms with E-state index in [4.69, 9.17) is 5.11 Å². The molecule has 1 fully saturated rings. The van der Waals surface area contributed by atoms with Gasteiger partial charge in [0.15, 0.2) is 0 Å². The van der Waals surface area contributed by atoms with Crippen molar-refractivity contribution in [3.63, 3.8) is 0 Å². The molecule has 0 aromatic heterocycles. The van der Waals surface area contributed by atoms with E-state index in [1.54, 1.807) is 0 Å². The molecule has 1 aliphatic carbocycles. The molecule has 1 N–H and O–H groups in total. The quantitative estimate of drug-likeness (QED) is 0.582. The van der Waals surface area contributed by atoms with Crippen molar-refractivity contribution in [1.82, 2.24) is 0 Å². The molecule has 1 saturated carbocycles. The van der Waals surface area contributed by atoms with Crippen LogP contribution in [0.25, 0.3) is 0 Å². The van der Waals surface area contributed by atoms with Gasteiger partial charge < -0.3 is 5.11 Å². The van der Waals surface area contributed by atoms with Crippen molar-refractivity contribution in [1.29, 1.82) is 0 Å². The van der Waals surface area contributed by atoms with Crippen LogP contribution in [-0.2, 0) is 0 Å². The summed E-state index contributed by atoms with van der Waals surface area (Å²) in [6, 6.07) is 0. The maximum absolute atomic E-state index is 8.82. The Morgan fingerprint density at radius 1 is 1.08 bits per heavy atom. The molecular weight excluding hydrogens is 148 g/mol. The van der Waals surface area contributed by atoms with Crippen LogP contribution in [0.15, 0.2) is 0 Å². The van der Waals surface area contributed by atoms with Crippen molar-refractivity contribution in [2.45, 2.75) is 51.9 Å². The minimum atomic E-state index is 0.430. The fraction of sp³-hybridized carbons (Fsp3) is 1.00. The zero-order chi connectivity index (χ0) is 8.81. The van der Waals surface area contributed by atoms with Crippen molar-refractivity contribution in [3.8, 4) is 0 Å². The zero-order valence-electron chi connectivity index (χ0n) is 8.26. The molecule has 0 bridgehead atoms. The second-order valence-corrected chi connectivity index (χ2v) is 4.14. The molecule has 0 aliphatic heterocycles. The van der Waals surface area contributed by atoms with E-state index < -0.39 is 0 Å². The predicted octanol–water partition coefficient (Wildman–Crippen LogP) is 2.98. The smallest absolute Gasteiger partial charge is 0.0462 e. The van der Waals surface area contributed by atoms with Crippen LogP contribution < -0.4 is 0 Å². The molecule has 1 heteroatoms. The largest absolute Gasteiger partial charge is 0.396 e. The Kier molecular flexibility index (Phi) is 4.67. The summed E-state index contributed by atoms with van der Waals surface area (Å²) in [6.45, 7) is 2.68.